The molecule has 0 aromatic heterocycles. The number of ether oxygens (including phenoxy) is 2. The van der Waals surface area contributed by atoms with Gasteiger partial charge in [0.1, 0.15) is 23.0 Å². The molecule has 0 N–H and O–H groups in total. The van der Waals surface area contributed by atoms with Crippen LogP contribution in [0.3, 0.4) is 0 Å². The second-order valence-electron chi connectivity index (χ2n) is 6.86. The van der Waals surface area contributed by atoms with Gasteiger partial charge >= 0.3 is 0 Å². The van der Waals surface area contributed by atoms with Gasteiger partial charge < -0.3 is 17.4 Å². The van der Waals surface area contributed by atoms with Crippen molar-refractivity contribution in [2.45, 2.75) is 56.8 Å². The van der Waals surface area contributed by atoms with Crippen molar-refractivity contribution in [2.75, 3.05) is 31.7 Å². The molecular weight excluding hydrogens is 417 g/mol. The molecule has 4 nitrogen and oxygen atoms in total. The van der Waals surface area contributed by atoms with Gasteiger partial charge in [0.25, 0.3) is 0 Å². The maximum atomic E-state index is 6.21. The highest BCUT2D eigenvalue weighted by molar-refractivity contribution is 14.1. The number of hydrogen-bond acceptors (Lipinski definition) is 4. The fraction of sp³-hybridized carbons (Fsp3) is 0.684. The molecule has 1 aliphatic carbocycles. The molecule has 24 heavy (non-hydrogen) atoms. The Morgan fingerprint density at radius 3 is 2.62 bits per heavy atom. The molecule has 1 saturated heterocycles. The van der Waals surface area contributed by atoms with Crippen molar-refractivity contribution in [1.82, 2.24) is 0 Å². The van der Waals surface area contributed by atoms with Crippen LogP contribution in [-0.4, -0.2) is 45.1 Å². The van der Waals surface area contributed by atoms with Gasteiger partial charge in [0.15, 0.2) is 0 Å². The SMILES string of the molecule is COC1CC(OC2CCN(c3cccc(CCCOI)c3)CC2)C1. The zero-order valence-electron chi connectivity index (χ0n) is 14.5. The Labute approximate surface area is 159 Å². The molecule has 2 aliphatic rings. The predicted octanol–water partition coefficient (Wildman–Crippen LogP) is 4.15. The Bertz CT molecular complexity index is 499. The van der Waals surface area contributed by atoms with E-state index in [1.807, 2.05) is 23.0 Å². The molecule has 0 atom stereocenters. The normalized spacial score (nSPS) is 24.8. The Morgan fingerprint density at radius 2 is 1.92 bits per heavy atom. The Hall–Kier alpha value is -0.370. The molecule has 2 fully saturated rings. The van der Waals surface area contributed by atoms with Crippen LogP contribution in [0.2, 0.25) is 0 Å². The van der Waals surface area contributed by atoms with Crippen LogP contribution in [0.15, 0.2) is 24.3 Å². The van der Waals surface area contributed by atoms with E-state index in [1.54, 1.807) is 7.11 Å². The highest BCUT2D eigenvalue weighted by Gasteiger charge is 2.32. The molecule has 0 amide bonds. The molecule has 0 bridgehead atoms. The zero-order valence-corrected chi connectivity index (χ0v) is 16.6. The van der Waals surface area contributed by atoms with Gasteiger partial charge in [-0.3, -0.25) is 0 Å². The number of hydrogen-bond donors (Lipinski definition) is 0. The maximum absolute atomic E-state index is 6.21. The van der Waals surface area contributed by atoms with E-state index in [9.17, 15) is 0 Å². The number of anilines is 1. The molecule has 0 spiro atoms. The van der Waals surface area contributed by atoms with Crippen molar-refractivity contribution >= 4 is 28.7 Å². The molecule has 5 heteroatoms. The van der Waals surface area contributed by atoms with Crippen molar-refractivity contribution in [2.24, 2.45) is 0 Å². The predicted molar refractivity (Wildman–Crippen MR) is 105 cm³/mol. The van der Waals surface area contributed by atoms with E-state index in [2.05, 4.69) is 29.2 Å². The van der Waals surface area contributed by atoms with Crippen LogP contribution in [-0.2, 0) is 19.0 Å². The maximum Gasteiger partial charge on any atom is 0.109 e. The standard InChI is InChI=1S/C19H28INO3/c1-22-18-13-19(14-18)24-17-7-9-21(10-8-17)16-6-2-4-15(12-16)5-3-11-23-20/h2,4,6,12,17-19H,3,5,7-11,13-14H2,1H3. The van der Waals surface area contributed by atoms with E-state index in [1.165, 1.54) is 11.3 Å². The summed E-state index contributed by atoms with van der Waals surface area (Å²) in [5.41, 5.74) is 2.75. The van der Waals surface area contributed by atoms with E-state index in [0.717, 1.165) is 58.2 Å². The van der Waals surface area contributed by atoms with E-state index >= 15 is 0 Å². The summed E-state index contributed by atoms with van der Waals surface area (Å²) in [5, 5.41) is 0. The van der Waals surface area contributed by atoms with Gasteiger partial charge in [-0.05, 0) is 56.2 Å². The summed E-state index contributed by atoms with van der Waals surface area (Å²) in [4.78, 5) is 2.50. The molecule has 1 saturated carbocycles. The number of halogens is 1. The number of nitrogens with zero attached hydrogens (tertiary/aromatic N) is 1. The van der Waals surface area contributed by atoms with Crippen LogP contribution in [0.4, 0.5) is 5.69 Å². The topological polar surface area (TPSA) is 30.9 Å². The van der Waals surface area contributed by atoms with Crippen LogP contribution in [0.1, 0.15) is 37.7 Å². The highest BCUT2D eigenvalue weighted by Crippen LogP contribution is 2.30. The first kappa shape index (κ1) is 18.4. The number of methoxy groups -OCH3 is 1. The van der Waals surface area contributed by atoms with Gasteiger partial charge in [-0.15, -0.1) is 0 Å². The van der Waals surface area contributed by atoms with E-state index < -0.39 is 0 Å². The Morgan fingerprint density at radius 1 is 1.12 bits per heavy atom. The van der Waals surface area contributed by atoms with Crippen molar-refractivity contribution < 1.29 is 12.5 Å². The Balaban J connectivity index is 1.43. The van der Waals surface area contributed by atoms with Crippen molar-refractivity contribution in [3.8, 4) is 0 Å². The molecule has 1 heterocycles. The van der Waals surface area contributed by atoms with Crippen LogP contribution < -0.4 is 4.90 Å². The minimum absolute atomic E-state index is 0.424. The van der Waals surface area contributed by atoms with Crippen molar-refractivity contribution in [3.05, 3.63) is 29.8 Å². The van der Waals surface area contributed by atoms with Crippen molar-refractivity contribution in [1.29, 1.82) is 0 Å². The van der Waals surface area contributed by atoms with Crippen LogP contribution in [0.5, 0.6) is 0 Å². The molecule has 134 valence electrons. The van der Waals surface area contributed by atoms with Gasteiger partial charge in [-0.25, -0.2) is 0 Å². The van der Waals surface area contributed by atoms with Crippen LogP contribution in [0, 0.1) is 0 Å². The second kappa shape index (κ2) is 9.36. The quantitative estimate of drug-likeness (QED) is 0.445. The average Bonchev–Trinajstić information content (AvgIpc) is 2.59. The van der Waals surface area contributed by atoms with E-state index in [4.69, 9.17) is 12.5 Å². The first-order valence-corrected chi connectivity index (χ1v) is 9.92. The summed E-state index contributed by atoms with van der Waals surface area (Å²) in [6.07, 6.45) is 7.82. The third kappa shape index (κ3) is 5.07. The number of aryl methyl sites for hydroxylation is 1. The summed E-state index contributed by atoms with van der Waals surface area (Å²) in [7, 11) is 1.79. The van der Waals surface area contributed by atoms with Gasteiger partial charge in [-0.1, -0.05) is 12.1 Å². The summed E-state index contributed by atoms with van der Waals surface area (Å²) < 4.78 is 16.7. The third-order valence-electron chi connectivity index (χ3n) is 5.17. The number of rotatable bonds is 8. The van der Waals surface area contributed by atoms with Crippen molar-refractivity contribution in [3.63, 3.8) is 0 Å². The van der Waals surface area contributed by atoms with Gasteiger partial charge in [0.2, 0.25) is 0 Å². The lowest BCUT2D eigenvalue weighted by molar-refractivity contribution is -0.119. The molecule has 1 aliphatic heterocycles. The smallest absolute Gasteiger partial charge is 0.109 e. The minimum atomic E-state index is 0.424. The zero-order chi connectivity index (χ0) is 16.8. The average molecular weight is 445 g/mol. The van der Waals surface area contributed by atoms with Gasteiger partial charge in [0.05, 0.1) is 24.9 Å². The van der Waals surface area contributed by atoms with Crippen LogP contribution >= 0.6 is 23.0 Å². The van der Waals surface area contributed by atoms with Crippen LogP contribution in [0.25, 0.3) is 0 Å². The molecule has 1 aromatic carbocycles. The first-order valence-electron chi connectivity index (χ1n) is 9.04. The summed E-state index contributed by atoms with van der Waals surface area (Å²) in [6.45, 7) is 3.00. The lowest BCUT2D eigenvalue weighted by Crippen LogP contribution is -2.43. The molecule has 1 aromatic rings. The van der Waals surface area contributed by atoms with E-state index in [0.29, 0.717) is 18.3 Å². The van der Waals surface area contributed by atoms with Gasteiger partial charge in [0, 0.05) is 25.9 Å². The third-order valence-corrected chi connectivity index (χ3v) is 5.61. The Kier molecular flexibility index (Phi) is 7.19. The molecule has 0 unspecified atom stereocenters. The fourth-order valence-corrected chi connectivity index (χ4v) is 3.89. The highest BCUT2D eigenvalue weighted by atomic mass is 127. The monoisotopic (exact) mass is 445 g/mol. The lowest BCUT2D eigenvalue weighted by Gasteiger charge is -2.40. The lowest BCUT2D eigenvalue weighted by atomic mass is 9.91. The fourth-order valence-electron chi connectivity index (χ4n) is 3.58. The molecule has 3 rings (SSSR count). The second-order valence-corrected chi connectivity index (χ2v) is 7.48. The first-order chi connectivity index (χ1) is 11.8. The number of benzene rings is 1. The minimum Gasteiger partial charge on any atom is -0.381 e. The number of piperidine rings is 1. The molecule has 0 radical (unpaired) electrons. The van der Waals surface area contributed by atoms with Gasteiger partial charge in [-0.2, -0.15) is 0 Å². The summed E-state index contributed by atoms with van der Waals surface area (Å²) in [6, 6.07) is 8.96. The summed E-state index contributed by atoms with van der Waals surface area (Å²) >= 11 is 1.96. The van der Waals surface area contributed by atoms with E-state index in [-0.39, 0.29) is 0 Å². The summed E-state index contributed by atoms with van der Waals surface area (Å²) in [5.74, 6) is 0. The molecular formula is C19H28INO3. The largest absolute Gasteiger partial charge is 0.381 e.